The zero-order valence-electron chi connectivity index (χ0n) is 11.4. The molecule has 0 saturated carbocycles. The van der Waals surface area contributed by atoms with Crippen LogP contribution in [-0.2, 0) is 11.3 Å². The standard InChI is InChI=1S/C15H12BrN3O2S/c16-10-6-13(17-7-10)14(20)21-8-12-9-22-15(19-12)18-11-4-2-1-3-5-11/h1-7,9,17H,8H2,(H,18,19). The van der Waals surface area contributed by atoms with E-state index >= 15 is 0 Å². The molecule has 0 aliphatic carbocycles. The largest absolute Gasteiger partial charge is 0.454 e. The molecule has 112 valence electrons. The molecule has 7 heteroatoms. The van der Waals surface area contributed by atoms with E-state index in [4.69, 9.17) is 4.74 Å². The lowest BCUT2D eigenvalue weighted by atomic mass is 10.3. The van der Waals surface area contributed by atoms with E-state index in [1.807, 2.05) is 35.7 Å². The first-order chi connectivity index (χ1) is 10.7. The average Bonchev–Trinajstić information content (AvgIpc) is 3.15. The van der Waals surface area contributed by atoms with E-state index in [9.17, 15) is 4.79 Å². The van der Waals surface area contributed by atoms with E-state index in [1.54, 1.807) is 12.3 Å². The van der Waals surface area contributed by atoms with Crippen LogP contribution in [0.4, 0.5) is 10.8 Å². The molecule has 5 nitrogen and oxygen atoms in total. The highest BCUT2D eigenvalue weighted by molar-refractivity contribution is 9.10. The van der Waals surface area contributed by atoms with Gasteiger partial charge in [0, 0.05) is 21.7 Å². The zero-order valence-corrected chi connectivity index (χ0v) is 13.8. The van der Waals surface area contributed by atoms with E-state index in [0.717, 1.165) is 15.3 Å². The van der Waals surface area contributed by atoms with Gasteiger partial charge in [-0.15, -0.1) is 11.3 Å². The van der Waals surface area contributed by atoms with Crippen molar-refractivity contribution < 1.29 is 9.53 Å². The fourth-order valence-corrected chi connectivity index (χ4v) is 2.84. The third-order valence-corrected chi connectivity index (χ3v) is 4.06. The van der Waals surface area contributed by atoms with E-state index in [-0.39, 0.29) is 6.61 Å². The molecule has 3 aromatic rings. The predicted octanol–water partition coefficient (Wildman–Crippen LogP) is 4.33. The van der Waals surface area contributed by atoms with E-state index in [2.05, 4.69) is 31.2 Å². The number of thiazole rings is 1. The van der Waals surface area contributed by atoms with Gasteiger partial charge >= 0.3 is 5.97 Å². The maximum absolute atomic E-state index is 11.8. The number of aromatic amines is 1. The fraction of sp³-hybridized carbons (Fsp3) is 0.0667. The maximum atomic E-state index is 11.8. The van der Waals surface area contributed by atoms with Crippen LogP contribution >= 0.6 is 27.3 Å². The minimum atomic E-state index is -0.406. The van der Waals surface area contributed by atoms with Crippen molar-refractivity contribution in [3.05, 3.63) is 63.8 Å². The minimum absolute atomic E-state index is 0.141. The second kappa shape index (κ2) is 6.76. The number of nitrogens with zero attached hydrogens (tertiary/aromatic N) is 1. The summed E-state index contributed by atoms with van der Waals surface area (Å²) in [5.41, 5.74) is 2.09. The predicted molar refractivity (Wildman–Crippen MR) is 89.5 cm³/mol. The molecule has 0 aliphatic rings. The molecular formula is C15H12BrN3O2S. The Labute approximate surface area is 139 Å². The normalized spacial score (nSPS) is 10.4. The molecule has 1 aromatic carbocycles. The molecule has 22 heavy (non-hydrogen) atoms. The number of nitrogens with one attached hydrogen (secondary N) is 2. The minimum Gasteiger partial charge on any atom is -0.454 e. The van der Waals surface area contributed by atoms with Gasteiger partial charge < -0.3 is 15.0 Å². The molecular weight excluding hydrogens is 366 g/mol. The van der Waals surface area contributed by atoms with Crippen molar-refractivity contribution >= 4 is 44.1 Å². The van der Waals surface area contributed by atoms with E-state index in [1.165, 1.54) is 11.3 Å². The summed E-state index contributed by atoms with van der Waals surface area (Å²) in [5.74, 6) is -0.406. The number of carbonyl (C=O) groups is 1. The second-order valence-electron chi connectivity index (χ2n) is 4.44. The number of benzene rings is 1. The molecule has 0 aliphatic heterocycles. The lowest BCUT2D eigenvalue weighted by Crippen LogP contribution is -2.05. The van der Waals surface area contributed by atoms with Crippen molar-refractivity contribution in [1.82, 2.24) is 9.97 Å². The molecule has 0 radical (unpaired) electrons. The lowest BCUT2D eigenvalue weighted by molar-refractivity contribution is 0.0462. The van der Waals surface area contributed by atoms with Gasteiger partial charge in [-0.25, -0.2) is 9.78 Å². The third kappa shape index (κ3) is 3.75. The van der Waals surface area contributed by atoms with Crippen LogP contribution in [0.3, 0.4) is 0 Å². The summed E-state index contributed by atoms with van der Waals surface area (Å²) in [6.45, 7) is 0.141. The lowest BCUT2D eigenvalue weighted by Gasteiger charge is -2.02. The molecule has 0 unspecified atom stereocenters. The molecule has 2 heterocycles. The van der Waals surface area contributed by atoms with Crippen molar-refractivity contribution in [3.8, 4) is 0 Å². The Morgan fingerprint density at radius 1 is 1.36 bits per heavy atom. The topological polar surface area (TPSA) is 67.0 Å². The van der Waals surface area contributed by atoms with Gasteiger partial charge in [-0.05, 0) is 34.1 Å². The Balaban J connectivity index is 1.57. The number of ether oxygens (including phenoxy) is 1. The van der Waals surface area contributed by atoms with Crippen LogP contribution in [0.5, 0.6) is 0 Å². The van der Waals surface area contributed by atoms with Crippen molar-refractivity contribution in [2.45, 2.75) is 6.61 Å². The quantitative estimate of drug-likeness (QED) is 0.649. The Morgan fingerprint density at radius 2 is 2.18 bits per heavy atom. The van der Waals surface area contributed by atoms with Gasteiger partial charge in [0.15, 0.2) is 5.13 Å². The van der Waals surface area contributed by atoms with Crippen molar-refractivity contribution in [3.63, 3.8) is 0 Å². The molecule has 0 bridgehead atoms. The Kier molecular flexibility index (Phi) is 4.55. The van der Waals surface area contributed by atoms with E-state index in [0.29, 0.717) is 11.4 Å². The van der Waals surface area contributed by atoms with Crippen LogP contribution in [-0.4, -0.2) is 15.9 Å². The van der Waals surface area contributed by atoms with Crippen LogP contribution < -0.4 is 5.32 Å². The molecule has 0 atom stereocenters. The Bertz CT molecular complexity index is 770. The maximum Gasteiger partial charge on any atom is 0.355 e. The van der Waals surface area contributed by atoms with Crippen LogP contribution in [0.2, 0.25) is 0 Å². The van der Waals surface area contributed by atoms with Crippen molar-refractivity contribution in [2.75, 3.05) is 5.32 Å². The van der Waals surface area contributed by atoms with Gasteiger partial charge in [-0.2, -0.15) is 0 Å². The Morgan fingerprint density at radius 3 is 2.91 bits per heavy atom. The van der Waals surface area contributed by atoms with Crippen LogP contribution in [0.15, 0.2) is 52.4 Å². The first-order valence-electron chi connectivity index (χ1n) is 6.48. The summed E-state index contributed by atoms with van der Waals surface area (Å²) < 4.78 is 6.02. The molecule has 0 fully saturated rings. The number of halogens is 1. The highest BCUT2D eigenvalue weighted by Crippen LogP contribution is 2.21. The smallest absolute Gasteiger partial charge is 0.355 e. The zero-order chi connectivity index (χ0) is 15.4. The summed E-state index contributed by atoms with van der Waals surface area (Å²) >= 11 is 4.74. The Hall–Kier alpha value is -2.12. The van der Waals surface area contributed by atoms with Gasteiger partial charge in [0.25, 0.3) is 0 Å². The first-order valence-corrected chi connectivity index (χ1v) is 8.15. The van der Waals surface area contributed by atoms with Gasteiger partial charge in [0.05, 0.1) is 5.69 Å². The summed E-state index contributed by atoms with van der Waals surface area (Å²) in [5, 5.41) is 5.83. The average molecular weight is 378 g/mol. The van der Waals surface area contributed by atoms with Crippen molar-refractivity contribution in [2.24, 2.45) is 0 Å². The van der Waals surface area contributed by atoms with Gasteiger partial charge in [-0.1, -0.05) is 18.2 Å². The molecule has 2 aromatic heterocycles. The highest BCUT2D eigenvalue weighted by atomic mass is 79.9. The molecule has 3 rings (SSSR count). The third-order valence-electron chi connectivity index (χ3n) is 2.80. The number of carbonyl (C=O) groups excluding carboxylic acids is 1. The number of anilines is 2. The number of para-hydroxylation sites is 1. The van der Waals surface area contributed by atoms with Crippen LogP contribution in [0, 0.1) is 0 Å². The summed E-state index contributed by atoms with van der Waals surface area (Å²) in [4.78, 5) is 19.0. The van der Waals surface area contributed by atoms with Gasteiger partial charge in [-0.3, -0.25) is 0 Å². The van der Waals surface area contributed by atoms with Crippen molar-refractivity contribution in [1.29, 1.82) is 0 Å². The number of aromatic nitrogens is 2. The summed E-state index contributed by atoms with van der Waals surface area (Å²) in [7, 11) is 0. The number of rotatable bonds is 5. The number of hydrogen-bond donors (Lipinski definition) is 2. The van der Waals surface area contributed by atoms with Crippen LogP contribution in [0.1, 0.15) is 16.2 Å². The second-order valence-corrected chi connectivity index (χ2v) is 6.22. The molecule has 0 spiro atoms. The fourth-order valence-electron chi connectivity index (χ4n) is 1.78. The van der Waals surface area contributed by atoms with Gasteiger partial charge in [0.1, 0.15) is 12.3 Å². The number of hydrogen-bond acceptors (Lipinski definition) is 5. The first kappa shape index (κ1) is 14.8. The summed E-state index contributed by atoms with van der Waals surface area (Å²) in [6, 6.07) is 11.5. The number of H-pyrrole nitrogens is 1. The van der Waals surface area contributed by atoms with Crippen LogP contribution in [0.25, 0.3) is 0 Å². The number of esters is 1. The summed E-state index contributed by atoms with van der Waals surface area (Å²) in [6.07, 6.45) is 1.68. The highest BCUT2D eigenvalue weighted by Gasteiger charge is 2.11. The SMILES string of the molecule is O=C(OCc1csc(Nc2ccccc2)n1)c1cc(Br)c[nH]1. The molecule has 0 amide bonds. The molecule has 0 saturated heterocycles. The monoisotopic (exact) mass is 377 g/mol. The van der Waals surface area contributed by atoms with Gasteiger partial charge in [0.2, 0.25) is 0 Å². The molecule has 2 N–H and O–H groups in total. The van der Waals surface area contributed by atoms with E-state index < -0.39 is 5.97 Å².